The standard InChI is InChI=1S/C23H27N9O7S2/c1-30(2)19(35)12-6-11(7-25-12)31-4-3-9(18(31)34)5-10-8-40-21-14(20(36)32(21)15(10)22(37)38)26-17(33)13(28-39)16-27-23(24)41-29-16/h5,11-12,14,21,25,39H,3-4,6-8H2,1-2H3,(H,26,33)(H,37,38)(H2,24,27,29)/b9-5+,28-13-/t11-,12-,14+,21+/m0/s1. The fourth-order valence-corrected chi connectivity index (χ4v) is 7.01. The van der Waals surface area contributed by atoms with Crippen molar-refractivity contribution in [2.24, 2.45) is 5.16 Å². The van der Waals surface area contributed by atoms with Gasteiger partial charge in [-0.15, -0.1) is 11.8 Å². The van der Waals surface area contributed by atoms with E-state index in [0.29, 0.717) is 37.1 Å². The average molecular weight is 606 g/mol. The number of oxime groups is 1. The Balaban J connectivity index is 1.29. The number of hydrogen-bond donors (Lipinski definition) is 5. The number of nitrogen functional groups attached to an aromatic ring is 1. The van der Waals surface area contributed by atoms with Crippen molar-refractivity contribution in [2.45, 2.75) is 36.3 Å². The predicted molar refractivity (Wildman–Crippen MR) is 146 cm³/mol. The van der Waals surface area contributed by atoms with Crippen molar-refractivity contribution in [3.63, 3.8) is 0 Å². The Morgan fingerprint density at radius 2 is 2.05 bits per heavy atom. The van der Waals surface area contributed by atoms with Gasteiger partial charge in [-0.3, -0.25) is 24.1 Å². The molecule has 3 saturated heterocycles. The molecular weight excluding hydrogens is 578 g/mol. The molecule has 0 spiro atoms. The lowest BCUT2D eigenvalue weighted by Gasteiger charge is -2.49. The third-order valence-electron chi connectivity index (χ3n) is 7.25. The lowest BCUT2D eigenvalue weighted by atomic mass is 10.0. The molecule has 6 N–H and O–H groups in total. The molecule has 0 saturated carbocycles. The van der Waals surface area contributed by atoms with E-state index >= 15 is 0 Å². The van der Waals surface area contributed by atoms with E-state index in [9.17, 15) is 34.3 Å². The fourth-order valence-electron chi connectivity index (χ4n) is 5.27. The molecule has 4 aliphatic heterocycles. The van der Waals surface area contributed by atoms with Gasteiger partial charge in [-0.25, -0.2) is 4.79 Å². The second kappa shape index (κ2) is 11.1. The van der Waals surface area contributed by atoms with Crippen LogP contribution in [0.2, 0.25) is 0 Å². The smallest absolute Gasteiger partial charge is 0.352 e. The molecule has 0 unspecified atom stereocenters. The number of carbonyl (C=O) groups excluding carboxylic acids is 4. The minimum Gasteiger partial charge on any atom is -0.477 e. The van der Waals surface area contributed by atoms with Gasteiger partial charge in [0, 0.05) is 56.1 Å². The molecule has 4 amide bonds. The van der Waals surface area contributed by atoms with E-state index in [0.717, 1.165) is 16.4 Å². The molecule has 3 fully saturated rings. The van der Waals surface area contributed by atoms with Crippen LogP contribution < -0.4 is 16.4 Å². The van der Waals surface area contributed by atoms with Crippen LogP contribution in [0.1, 0.15) is 18.7 Å². The summed E-state index contributed by atoms with van der Waals surface area (Å²) in [6.07, 6.45) is 2.42. The largest absolute Gasteiger partial charge is 0.477 e. The van der Waals surface area contributed by atoms with Gasteiger partial charge in [-0.2, -0.15) is 9.36 Å². The van der Waals surface area contributed by atoms with Crippen LogP contribution in [-0.2, 0) is 24.0 Å². The van der Waals surface area contributed by atoms with Gasteiger partial charge in [0.1, 0.15) is 17.1 Å². The van der Waals surface area contributed by atoms with Crippen LogP contribution >= 0.6 is 23.3 Å². The number of carboxylic acid groups (broad SMARTS) is 1. The summed E-state index contributed by atoms with van der Waals surface area (Å²) in [4.78, 5) is 71.6. The summed E-state index contributed by atoms with van der Waals surface area (Å²) >= 11 is 2.02. The van der Waals surface area contributed by atoms with Crippen LogP contribution in [0.5, 0.6) is 0 Å². The fraction of sp³-hybridized carbons (Fsp3) is 0.478. The SMILES string of the molecule is CN(C)C(=O)[C@@H]1C[C@H](N2CC/C(=C\C3=C(C(=O)O)N4C(=O)[C@@H](NC(=O)/C(=N\O)c5nsc(N)n5)[C@H]4SC3)C2=O)CN1. The Morgan fingerprint density at radius 3 is 2.68 bits per heavy atom. The van der Waals surface area contributed by atoms with Crippen molar-refractivity contribution in [3.8, 4) is 0 Å². The van der Waals surface area contributed by atoms with E-state index in [4.69, 9.17) is 5.73 Å². The second-order valence-corrected chi connectivity index (χ2v) is 11.8. The number of amides is 4. The number of nitrogens with two attached hydrogens (primary N) is 1. The van der Waals surface area contributed by atoms with E-state index in [2.05, 4.69) is 25.1 Å². The molecule has 1 aromatic rings. The summed E-state index contributed by atoms with van der Waals surface area (Å²) in [7, 11) is 3.35. The minimum atomic E-state index is -1.34. The number of aliphatic carboxylic acids is 1. The summed E-state index contributed by atoms with van der Waals surface area (Å²) < 4.78 is 3.82. The third kappa shape index (κ3) is 5.13. The quantitative estimate of drug-likeness (QED) is 0.0749. The number of carboxylic acids is 1. The van der Waals surface area contributed by atoms with Crippen molar-refractivity contribution >= 4 is 63.7 Å². The molecule has 0 aromatic carbocycles. The summed E-state index contributed by atoms with van der Waals surface area (Å²) in [6.45, 7) is 0.921. The maximum absolute atomic E-state index is 13.2. The number of fused-ring (bicyclic) bond motifs is 1. The average Bonchev–Trinajstić information content (AvgIpc) is 3.67. The van der Waals surface area contributed by atoms with Gasteiger partial charge >= 0.3 is 5.97 Å². The zero-order valence-electron chi connectivity index (χ0n) is 21.9. The van der Waals surface area contributed by atoms with Crippen LogP contribution in [0, 0.1) is 0 Å². The first-order chi connectivity index (χ1) is 19.5. The van der Waals surface area contributed by atoms with Gasteiger partial charge in [0.2, 0.25) is 23.4 Å². The summed E-state index contributed by atoms with van der Waals surface area (Å²) in [5, 5.41) is 27.1. The summed E-state index contributed by atoms with van der Waals surface area (Å²) in [5.41, 5.74) is 5.46. The Labute approximate surface area is 241 Å². The Bertz CT molecular complexity index is 1420. The van der Waals surface area contributed by atoms with Gasteiger partial charge in [-0.1, -0.05) is 5.16 Å². The van der Waals surface area contributed by atoms with Crippen molar-refractivity contribution in [3.05, 3.63) is 28.7 Å². The normalized spacial score (nSPS) is 27.3. The van der Waals surface area contributed by atoms with Gasteiger partial charge in [0.05, 0.1) is 6.04 Å². The van der Waals surface area contributed by atoms with Crippen LogP contribution in [0.15, 0.2) is 28.1 Å². The van der Waals surface area contributed by atoms with E-state index in [-0.39, 0.29) is 46.3 Å². The highest BCUT2D eigenvalue weighted by Crippen LogP contribution is 2.41. The number of hydrogen-bond acceptors (Lipinski definition) is 13. The maximum Gasteiger partial charge on any atom is 0.352 e. The van der Waals surface area contributed by atoms with Crippen LogP contribution in [-0.4, -0.2) is 126 Å². The van der Waals surface area contributed by atoms with Gasteiger partial charge < -0.3 is 36.5 Å². The number of aromatic nitrogens is 2. The lowest BCUT2D eigenvalue weighted by Crippen LogP contribution is -2.71. The van der Waals surface area contributed by atoms with E-state index in [1.807, 2.05) is 0 Å². The topological polar surface area (TPSA) is 224 Å². The molecule has 4 aliphatic rings. The van der Waals surface area contributed by atoms with E-state index < -0.39 is 34.9 Å². The minimum absolute atomic E-state index is 0.0490. The van der Waals surface area contributed by atoms with Crippen LogP contribution in [0.4, 0.5) is 5.13 Å². The van der Waals surface area contributed by atoms with Crippen molar-refractivity contribution in [1.29, 1.82) is 0 Å². The molecule has 41 heavy (non-hydrogen) atoms. The highest BCUT2D eigenvalue weighted by Gasteiger charge is 2.54. The first-order valence-electron chi connectivity index (χ1n) is 12.5. The highest BCUT2D eigenvalue weighted by molar-refractivity contribution is 8.00. The molecule has 16 nitrogen and oxygen atoms in total. The van der Waals surface area contributed by atoms with Crippen LogP contribution in [0.25, 0.3) is 0 Å². The number of thioether (sulfide) groups is 1. The van der Waals surface area contributed by atoms with Crippen molar-refractivity contribution in [2.75, 3.05) is 38.7 Å². The number of anilines is 1. The molecule has 5 heterocycles. The monoisotopic (exact) mass is 605 g/mol. The Hall–Kier alpha value is -4.03. The number of nitrogens with zero attached hydrogens (tertiary/aromatic N) is 6. The van der Waals surface area contributed by atoms with Crippen LogP contribution in [0.3, 0.4) is 0 Å². The summed E-state index contributed by atoms with van der Waals surface area (Å²) in [5.74, 6) is -3.26. The molecule has 218 valence electrons. The number of allylic oxidation sites excluding steroid dienone is 1. The molecule has 1 aromatic heterocycles. The molecule has 0 radical (unpaired) electrons. The molecular formula is C23H27N9O7S2. The number of β-lactam (4-membered cyclic amide) rings is 1. The first-order valence-corrected chi connectivity index (χ1v) is 14.3. The van der Waals surface area contributed by atoms with E-state index in [1.165, 1.54) is 22.7 Å². The highest BCUT2D eigenvalue weighted by atomic mass is 32.2. The number of rotatable bonds is 7. The number of likely N-dealkylation sites (N-methyl/N-ethyl adjacent to an activating group) is 1. The van der Waals surface area contributed by atoms with E-state index in [1.54, 1.807) is 19.0 Å². The number of carbonyl (C=O) groups is 5. The number of likely N-dealkylation sites (tertiary alicyclic amines) is 1. The first kappa shape index (κ1) is 28.5. The van der Waals surface area contributed by atoms with Gasteiger partial charge in [0.25, 0.3) is 11.8 Å². The molecule has 5 rings (SSSR count). The predicted octanol–water partition coefficient (Wildman–Crippen LogP) is -1.99. The van der Waals surface area contributed by atoms with Gasteiger partial charge in [-0.05, 0) is 24.5 Å². The zero-order valence-corrected chi connectivity index (χ0v) is 23.6. The van der Waals surface area contributed by atoms with Crippen molar-refractivity contribution in [1.82, 2.24) is 34.7 Å². The molecule has 18 heteroatoms. The Morgan fingerprint density at radius 1 is 1.29 bits per heavy atom. The van der Waals surface area contributed by atoms with Crippen molar-refractivity contribution < 1.29 is 34.3 Å². The van der Waals surface area contributed by atoms with Gasteiger partial charge in [0.15, 0.2) is 5.13 Å². The Kier molecular flexibility index (Phi) is 7.71. The molecule has 0 aliphatic carbocycles. The lowest BCUT2D eigenvalue weighted by molar-refractivity contribution is -0.150. The molecule has 4 atom stereocenters. The second-order valence-electron chi connectivity index (χ2n) is 9.95. The summed E-state index contributed by atoms with van der Waals surface area (Å²) in [6, 6.07) is -1.62. The molecule has 0 bridgehead atoms. The number of nitrogens with one attached hydrogen (secondary N) is 2. The third-order valence-corrected chi connectivity index (χ3v) is 9.09. The zero-order chi connectivity index (χ0) is 29.6. The maximum atomic E-state index is 13.2.